The molecule has 162 valence electrons. The smallest absolute Gasteiger partial charge is 0.274 e. The van der Waals surface area contributed by atoms with Crippen molar-refractivity contribution in [3.63, 3.8) is 0 Å². The van der Waals surface area contributed by atoms with E-state index in [1.807, 2.05) is 24.3 Å². The van der Waals surface area contributed by atoms with E-state index in [1.165, 1.54) is 21.6 Å². The highest BCUT2D eigenvalue weighted by Gasteiger charge is 2.15. The molecule has 0 aliphatic carbocycles. The summed E-state index contributed by atoms with van der Waals surface area (Å²) in [5.41, 5.74) is 7.45. The Morgan fingerprint density at radius 1 is 1.26 bits per heavy atom. The van der Waals surface area contributed by atoms with Crippen molar-refractivity contribution < 1.29 is 9.59 Å². The lowest BCUT2D eigenvalue weighted by Gasteiger charge is -2.12. The lowest BCUT2D eigenvalue weighted by molar-refractivity contribution is -0.123. The molecule has 2 heterocycles. The lowest BCUT2D eigenvalue weighted by Crippen LogP contribution is -2.37. The van der Waals surface area contributed by atoms with Crippen LogP contribution in [0.2, 0.25) is 0 Å². The van der Waals surface area contributed by atoms with E-state index in [-0.39, 0.29) is 23.7 Å². The van der Waals surface area contributed by atoms with Gasteiger partial charge in [0.2, 0.25) is 11.8 Å². The first-order chi connectivity index (χ1) is 14.8. The van der Waals surface area contributed by atoms with Crippen LogP contribution in [0.1, 0.15) is 18.7 Å². The highest BCUT2D eigenvalue weighted by Crippen LogP contribution is 2.11. The molecule has 0 aliphatic rings. The van der Waals surface area contributed by atoms with Gasteiger partial charge in [-0.2, -0.15) is 0 Å². The summed E-state index contributed by atoms with van der Waals surface area (Å²) in [4.78, 5) is 45.8. The number of aromatic amines is 1. The first-order valence-corrected chi connectivity index (χ1v) is 9.92. The summed E-state index contributed by atoms with van der Waals surface area (Å²) in [6, 6.07) is 10.0. The first kappa shape index (κ1) is 22.0. The van der Waals surface area contributed by atoms with Gasteiger partial charge in [-0.05, 0) is 43.2 Å². The highest BCUT2D eigenvalue weighted by molar-refractivity contribution is 5.94. The molecule has 0 aliphatic heterocycles. The molecule has 3 aromatic rings. The van der Waals surface area contributed by atoms with Crippen LogP contribution in [0.3, 0.4) is 0 Å². The Morgan fingerprint density at radius 3 is 2.77 bits per heavy atom. The number of anilines is 1. The molecule has 9 nitrogen and oxygen atoms in total. The molecule has 1 aromatic carbocycles. The zero-order valence-electron chi connectivity index (χ0n) is 17.5. The Bertz CT molecular complexity index is 1130. The summed E-state index contributed by atoms with van der Waals surface area (Å²) in [6.45, 7) is 0.244. The van der Waals surface area contributed by atoms with Gasteiger partial charge in [-0.1, -0.05) is 18.2 Å². The molecule has 0 radical (unpaired) electrons. The predicted octanol–water partition coefficient (Wildman–Crippen LogP) is 1.46. The first-order valence-electron chi connectivity index (χ1n) is 9.92. The minimum absolute atomic E-state index is 0.132. The third-order valence-electron chi connectivity index (χ3n) is 4.72. The maximum Gasteiger partial charge on any atom is 0.274 e. The number of nitrogens with one attached hydrogen (secondary N) is 2. The summed E-state index contributed by atoms with van der Waals surface area (Å²) >= 11 is 0. The van der Waals surface area contributed by atoms with Gasteiger partial charge < -0.3 is 25.5 Å². The molecule has 1 atom stereocenters. The topological polar surface area (TPSA) is 126 Å². The Hall–Kier alpha value is -3.72. The number of para-hydroxylation sites is 2. The van der Waals surface area contributed by atoms with Crippen LogP contribution in [0.4, 0.5) is 5.69 Å². The van der Waals surface area contributed by atoms with Crippen LogP contribution in [0.25, 0.3) is 11.0 Å². The number of hydrogen-bond acceptors (Lipinski definition) is 5. The van der Waals surface area contributed by atoms with E-state index >= 15 is 0 Å². The Morgan fingerprint density at radius 2 is 2.03 bits per heavy atom. The number of carbonyl (C=O) groups excluding carboxylic acids is 2. The van der Waals surface area contributed by atoms with Crippen molar-refractivity contribution in [3.05, 3.63) is 70.9 Å². The quantitative estimate of drug-likeness (QED) is 0.474. The molecule has 2 amide bonds. The van der Waals surface area contributed by atoms with Gasteiger partial charge in [-0.3, -0.25) is 14.4 Å². The number of allylic oxidation sites excluding steroid dienone is 1. The van der Waals surface area contributed by atoms with Crippen molar-refractivity contribution in [2.75, 3.05) is 19.4 Å². The molecule has 2 aromatic heterocycles. The van der Waals surface area contributed by atoms with Gasteiger partial charge in [0, 0.05) is 20.3 Å². The largest absolute Gasteiger partial charge is 0.345 e. The summed E-state index contributed by atoms with van der Waals surface area (Å²) in [7, 11) is 3.32. The number of hydrogen-bond donors (Lipinski definition) is 3. The van der Waals surface area contributed by atoms with Gasteiger partial charge in [0.05, 0.1) is 23.6 Å². The monoisotopic (exact) mass is 422 g/mol. The van der Waals surface area contributed by atoms with Gasteiger partial charge >= 0.3 is 0 Å². The number of pyridine rings is 1. The second kappa shape index (κ2) is 9.86. The summed E-state index contributed by atoms with van der Waals surface area (Å²) < 4.78 is 1.47. The van der Waals surface area contributed by atoms with E-state index in [9.17, 15) is 14.4 Å². The summed E-state index contributed by atoms with van der Waals surface area (Å²) in [5, 5.41) is 2.60. The molecule has 0 saturated carbocycles. The van der Waals surface area contributed by atoms with Crippen LogP contribution >= 0.6 is 0 Å². The van der Waals surface area contributed by atoms with Crippen LogP contribution in [0.15, 0.2) is 59.5 Å². The van der Waals surface area contributed by atoms with E-state index in [0.717, 1.165) is 11.0 Å². The molecule has 0 saturated heterocycles. The average molecular weight is 422 g/mol. The number of H-pyrrole nitrogens is 1. The number of aromatic nitrogens is 3. The third-order valence-corrected chi connectivity index (χ3v) is 4.72. The van der Waals surface area contributed by atoms with Crippen LogP contribution in [-0.2, 0) is 16.1 Å². The maximum atomic E-state index is 12.8. The Labute approximate surface area is 179 Å². The van der Waals surface area contributed by atoms with Gasteiger partial charge in [-0.15, -0.1) is 0 Å². The van der Waals surface area contributed by atoms with Crippen molar-refractivity contribution in [3.8, 4) is 0 Å². The molecule has 31 heavy (non-hydrogen) atoms. The number of rotatable bonds is 8. The van der Waals surface area contributed by atoms with Crippen LogP contribution in [0.5, 0.6) is 0 Å². The number of nitrogens with zero attached hydrogens (tertiary/aromatic N) is 3. The van der Waals surface area contributed by atoms with Crippen molar-refractivity contribution in [2.24, 2.45) is 5.73 Å². The fourth-order valence-corrected chi connectivity index (χ4v) is 2.96. The number of likely N-dealkylation sites (N-methyl/N-ethyl adjacent to an activating group) is 1. The van der Waals surface area contributed by atoms with Crippen molar-refractivity contribution in [1.29, 1.82) is 0 Å². The van der Waals surface area contributed by atoms with Crippen LogP contribution in [0, 0.1) is 0 Å². The molecular formula is C22H26N6O3. The highest BCUT2D eigenvalue weighted by atomic mass is 16.2. The molecule has 0 spiro atoms. The van der Waals surface area contributed by atoms with Crippen LogP contribution < -0.4 is 16.6 Å². The van der Waals surface area contributed by atoms with Crippen LogP contribution in [-0.4, -0.2) is 51.4 Å². The van der Waals surface area contributed by atoms with E-state index < -0.39 is 11.9 Å². The minimum Gasteiger partial charge on any atom is -0.345 e. The van der Waals surface area contributed by atoms with Gasteiger partial charge in [0.15, 0.2) is 0 Å². The van der Waals surface area contributed by atoms with Crippen molar-refractivity contribution >= 4 is 28.5 Å². The number of carbonyl (C=O) groups is 2. The van der Waals surface area contributed by atoms with Gasteiger partial charge in [-0.25, -0.2) is 4.98 Å². The summed E-state index contributed by atoms with van der Waals surface area (Å²) in [6.07, 6.45) is 5.58. The maximum absolute atomic E-state index is 12.8. The van der Waals surface area contributed by atoms with E-state index in [2.05, 4.69) is 15.3 Å². The molecule has 4 N–H and O–H groups in total. The normalized spacial score (nSPS) is 12.2. The van der Waals surface area contributed by atoms with Gasteiger partial charge in [0.25, 0.3) is 5.56 Å². The predicted molar refractivity (Wildman–Crippen MR) is 120 cm³/mol. The molecule has 0 bridgehead atoms. The van der Waals surface area contributed by atoms with Crippen molar-refractivity contribution in [1.82, 2.24) is 19.4 Å². The third kappa shape index (κ3) is 5.67. The zero-order valence-corrected chi connectivity index (χ0v) is 17.5. The number of nitrogens with two attached hydrogens (primary N) is 1. The number of fused-ring (bicyclic) bond motifs is 1. The number of benzene rings is 1. The second-order valence-electron chi connectivity index (χ2n) is 7.36. The molecule has 0 fully saturated rings. The molecule has 1 unspecified atom stereocenters. The lowest BCUT2D eigenvalue weighted by atomic mass is 10.1. The second-order valence-corrected chi connectivity index (χ2v) is 7.36. The van der Waals surface area contributed by atoms with E-state index in [1.54, 1.807) is 32.4 Å². The fourth-order valence-electron chi connectivity index (χ4n) is 2.96. The minimum atomic E-state index is -0.803. The SMILES string of the molecule is CN(C)C(=O)/C=C/CCC(N)C(=O)Nc1cccn(Cc2nc3ccccc3[nH]2)c1=O. The molecule has 9 heteroatoms. The van der Waals surface area contributed by atoms with E-state index in [0.29, 0.717) is 18.7 Å². The summed E-state index contributed by atoms with van der Waals surface area (Å²) in [5.74, 6) is 0.0563. The Balaban J connectivity index is 1.62. The Kier molecular flexibility index (Phi) is 6.99. The molecule has 3 rings (SSSR count). The number of imidazole rings is 1. The standard InChI is InChI=1S/C22H26N6O3/c1-27(2)20(29)12-6-3-8-15(23)21(30)26-18-11-7-13-28(22(18)31)14-19-24-16-9-4-5-10-17(16)25-19/h4-7,9-13,15H,3,8,14,23H2,1-2H3,(H,24,25)(H,26,30)/b12-6+. The van der Waals surface area contributed by atoms with Crippen molar-refractivity contribution in [2.45, 2.75) is 25.4 Å². The fraction of sp³-hybridized carbons (Fsp3) is 0.273. The van der Waals surface area contributed by atoms with E-state index in [4.69, 9.17) is 5.73 Å². The van der Waals surface area contributed by atoms with Gasteiger partial charge in [0.1, 0.15) is 11.5 Å². The average Bonchev–Trinajstić information content (AvgIpc) is 3.16. The number of amides is 2. The zero-order chi connectivity index (χ0) is 22.4. The molecular weight excluding hydrogens is 396 g/mol.